The third-order valence-electron chi connectivity index (χ3n) is 1.78. The average molecular weight is 165 g/mol. The predicted octanol–water partition coefficient (Wildman–Crippen LogP) is 0.0973. The number of anilines is 1. The lowest BCUT2D eigenvalue weighted by atomic mass is 10.1. The first-order valence-electron chi connectivity index (χ1n) is 4.02. The van der Waals surface area contributed by atoms with Gasteiger partial charge in [-0.2, -0.15) is 0 Å². The normalized spacial score (nSPS) is 12.8. The molecule has 0 aliphatic carbocycles. The van der Waals surface area contributed by atoms with Gasteiger partial charge in [0, 0.05) is 18.3 Å². The van der Waals surface area contributed by atoms with Crippen molar-refractivity contribution < 1.29 is 0 Å². The molecule has 1 unspecified atom stereocenters. The lowest BCUT2D eigenvalue weighted by Crippen LogP contribution is -2.31. The fraction of sp³-hybridized carbons (Fsp3) is 0.333. The number of benzene rings is 1. The van der Waals surface area contributed by atoms with Crippen LogP contribution in [-0.4, -0.2) is 12.6 Å². The Hall–Kier alpha value is -1.06. The summed E-state index contributed by atoms with van der Waals surface area (Å²) in [5.41, 5.74) is 18.6. The zero-order chi connectivity index (χ0) is 8.97. The molecule has 0 heterocycles. The van der Waals surface area contributed by atoms with E-state index in [1.165, 1.54) is 5.56 Å². The molecule has 0 saturated heterocycles. The molecule has 0 fully saturated rings. The molecular weight excluding hydrogens is 150 g/mol. The summed E-state index contributed by atoms with van der Waals surface area (Å²) < 4.78 is 0. The van der Waals surface area contributed by atoms with Crippen molar-refractivity contribution in [1.82, 2.24) is 0 Å². The molecule has 0 amide bonds. The summed E-state index contributed by atoms with van der Waals surface area (Å²) in [5.74, 6) is 0. The maximum Gasteiger partial charge on any atom is 0.0314 e. The Balaban J connectivity index is 2.58. The van der Waals surface area contributed by atoms with Crippen molar-refractivity contribution in [3.63, 3.8) is 0 Å². The first-order valence-corrected chi connectivity index (χ1v) is 4.02. The summed E-state index contributed by atoms with van der Waals surface area (Å²) in [7, 11) is 0. The molecule has 0 bridgehead atoms. The first-order chi connectivity index (χ1) is 5.72. The molecule has 1 aromatic rings. The third kappa shape index (κ3) is 2.53. The van der Waals surface area contributed by atoms with Crippen LogP contribution in [0, 0.1) is 0 Å². The van der Waals surface area contributed by atoms with Crippen molar-refractivity contribution >= 4 is 5.69 Å². The second-order valence-corrected chi connectivity index (χ2v) is 2.94. The fourth-order valence-electron chi connectivity index (χ4n) is 1.04. The summed E-state index contributed by atoms with van der Waals surface area (Å²) in [6.07, 6.45) is 0.816. The average Bonchev–Trinajstić information content (AvgIpc) is 2.09. The number of nitrogens with two attached hydrogens (primary N) is 3. The van der Waals surface area contributed by atoms with Crippen LogP contribution in [0.4, 0.5) is 5.69 Å². The van der Waals surface area contributed by atoms with E-state index in [9.17, 15) is 0 Å². The van der Waals surface area contributed by atoms with E-state index in [4.69, 9.17) is 17.2 Å². The molecule has 0 radical (unpaired) electrons. The van der Waals surface area contributed by atoms with Gasteiger partial charge in [0.1, 0.15) is 0 Å². The van der Waals surface area contributed by atoms with Gasteiger partial charge in [0.25, 0.3) is 0 Å². The van der Waals surface area contributed by atoms with Crippen molar-refractivity contribution in [2.45, 2.75) is 12.5 Å². The minimum atomic E-state index is 0.0497. The van der Waals surface area contributed by atoms with E-state index in [-0.39, 0.29) is 6.04 Å². The zero-order valence-electron chi connectivity index (χ0n) is 7.03. The highest BCUT2D eigenvalue weighted by Crippen LogP contribution is 2.06. The molecular formula is C9H15N3. The molecule has 1 aromatic carbocycles. The van der Waals surface area contributed by atoms with E-state index in [0.717, 1.165) is 12.1 Å². The van der Waals surface area contributed by atoms with E-state index in [0.29, 0.717) is 6.54 Å². The van der Waals surface area contributed by atoms with Gasteiger partial charge in [-0.3, -0.25) is 0 Å². The topological polar surface area (TPSA) is 78.1 Å². The van der Waals surface area contributed by atoms with Crippen LogP contribution in [0.3, 0.4) is 0 Å². The first kappa shape index (κ1) is 9.03. The summed E-state index contributed by atoms with van der Waals surface area (Å²) in [6.45, 7) is 0.518. The van der Waals surface area contributed by atoms with E-state index >= 15 is 0 Å². The molecule has 0 saturated carbocycles. The number of nitrogen functional groups attached to an aromatic ring is 1. The second kappa shape index (κ2) is 4.09. The third-order valence-corrected chi connectivity index (χ3v) is 1.78. The van der Waals surface area contributed by atoms with Gasteiger partial charge in [-0.15, -0.1) is 0 Å². The van der Waals surface area contributed by atoms with Gasteiger partial charge in [-0.05, 0) is 24.1 Å². The highest BCUT2D eigenvalue weighted by atomic mass is 14.7. The smallest absolute Gasteiger partial charge is 0.0314 e. The molecule has 12 heavy (non-hydrogen) atoms. The second-order valence-electron chi connectivity index (χ2n) is 2.94. The van der Waals surface area contributed by atoms with Crippen molar-refractivity contribution in [3.05, 3.63) is 29.8 Å². The van der Waals surface area contributed by atoms with Crippen LogP contribution in [0.15, 0.2) is 24.3 Å². The molecule has 1 rings (SSSR count). The molecule has 66 valence electrons. The predicted molar refractivity (Wildman–Crippen MR) is 51.6 cm³/mol. The van der Waals surface area contributed by atoms with E-state index < -0.39 is 0 Å². The lowest BCUT2D eigenvalue weighted by Gasteiger charge is -2.07. The molecule has 0 aliphatic heterocycles. The molecule has 0 aliphatic rings. The molecule has 6 N–H and O–H groups in total. The molecule has 0 spiro atoms. The summed E-state index contributed by atoms with van der Waals surface area (Å²) in [4.78, 5) is 0. The van der Waals surface area contributed by atoms with Crippen molar-refractivity contribution in [3.8, 4) is 0 Å². The maximum atomic E-state index is 5.69. The Morgan fingerprint density at radius 2 is 1.75 bits per heavy atom. The number of hydrogen-bond acceptors (Lipinski definition) is 3. The number of rotatable bonds is 3. The van der Waals surface area contributed by atoms with Crippen LogP contribution in [0.5, 0.6) is 0 Å². The molecule has 1 atom stereocenters. The largest absolute Gasteiger partial charge is 0.399 e. The fourth-order valence-corrected chi connectivity index (χ4v) is 1.04. The van der Waals surface area contributed by atoms with Crippen LogP contribution in [0.1, 0.15) is 5.56 Å². The monoisotopic (exact) mass is 165 g/mol. The summed E-state index contributed by atoms with van der Waals surface area (Å²) in [5, 5.41) is 0. The highest BCUT2D eigenvalue weighted by molar-refractivity contribution is 5.39. The van der Waals surface area contributed by atoms with Gasteiger partial charge in [0.15, 0.2) is 0 Å². The Morgan fingerprint density at radius 3 is 2.25 bits per heavy atom. The molecule has 0 aromatic heterocycles. The maximum absolute atomic E-state index is 5.69. The minimum absolute atomic E-state index is 0.0497. The van der Waals surface area contributed by atoms with Gasteiger partial charge >= 0.3 is 0 Å². The Labute approximate surface area is 72.5 Å². The van der Waals surface area contributed by atoms with Crippen LogP contribution in [0.25, 0.3) is 0 Å². The van der Waals surface area contributed by atoms with E-state index in [1.54, 1.807) is 0 Å². The quantitative estimate of drug-likeness (QED) is 0.556. The van der Waals surface area contributed by atoms with Gasteiger partial charge in [0.2, 0.25) is 0 Å². The van der Waals surface area contributed by atoms with Gasteiger partial charge in [-0.1, -0.05) is 12.1 Å². The van der Waals surface area contributed by atoms with Crippen LogP contribution in [0.2, 0.25) is 0 Å². The van der Waals surface area contributed by atoms with Gasteiger partial charge in [-0.25, -0.2) is 0 Å². The summed E-state index contributed by atoms with van der Waals surface area (Å²) >= 11 is 0. The van der Waals surface area contributed by atoms with E-state index in [2.05, 4.69) is 0 Å². The van der Waals surface area contributed by atoms with Crippen LogP contribution in [-0.2, 0) is 6.42 Å². The molecule has 3 nitrogen and oxygen atoms in total. The Morgan fingerprint density at radius 1 is 1.17 bits per heavy atom. The highest BCUT2D eigenvalue weighted by Gasteiger charge is 2.00. The molecule has 3 heteroatoms. The Bertz CT molecular complexity index is 230. The van der Waals surface area contributed by atoms with Crippen molar-refractivity contribution in [2.24, 2.45) is 11.5 Å². The Kier molecular flexibility index (Phi) is 3.08. The minimum Gasteiger partial charge on any atom is -0.399 e. The summed E-state index contributed by atoms with van der Waals surface area (Å²) in [6, 6.07) is 7.75. The van der Waals surface area contributed by atoms with Gasteiger partial charge < -0.3 is 17.2 Å². The van der Waals surface area contributed by atoms with Crippen LogP contribution >= 0.6 is 0 Å². The van der Waals surface area contributed by atoms with Crippen molar-refractivity contribution in [1.29, 1.82) is 0 Å². The number of hydrogen-bond donors (Lipinski definition) is 3. The lowest BCUT2D eigenvalue weighted by molar-refractivity contribution is 0.679. The van der Waals surface area contributed by atoms with Crippen LogP contribution < -0.4 is 17.2 Å². The zero-order valence-corrected chi connectivity index (χ0v) is 7.03. The standard InChI is InChI=1S/C9H15N3/c10-6-9(12)5-7-1-3-8(11)4-2-7/h1-4,9H,5-6,10-12H2. The van der Waals surface area contributed by atoms with Gasteiger partial charge in [0.05, 0.1) is 0 Å². The van der Waals surface area contributed by atoms with Crippen molar-refractivity contribution in [2.75, 3.05) is 12.3 Å². The van der Waals surface area contributed by atoms with E-state index in [1.807, 2.05) is 24.3 Å². The SMILES string of the molecule is NCC(N)Cc1ccc(N)cc1.